The number of phenolic OH excluding ortho intramolecular Hbond substituents is 1. The minimum atomic E-state index is -0.316. The van der Waals surface area contributed by atoms with E-state index in [9.17, 15) is 9.90 Å². The maximum atomic E-state index is 12.2. The molecule has 102 valence electrons. The summed E-state index contributed by atoms with van der Waals surface area (Å²) in [6, 6.07) is 12.5. The number of hydrogen-bond acceptors (Lipinski definition) is 4. The van der Waals surface area contributed by atoms with Gasteiger partial charge in [0.1, 0.15) is 11.9 Å². The molecule has 2 aromatic carbocycles. The van der Waals surface area contributed by atoms with E-state index in [2.05, 4.69) is 0 Å². The second-order valence-corrected chi connectivity index (χ2v) is 4.66. The van der Waals surface area contributed by atoms with E-state index in [0.29, 0.717) is 11.3 Å². The van der Waals surface area contributed by atoms with E-state index in [-0.39, 0.29) is 29.8 Å². The molecule has 0 amide bonds. The number of aromatic hydroxyl groups is 1. The first-order valence-electron chi connectivity index (χ1n) is 6.35. The largest absolute Gasteiger partial charge is 0.504 e. The Kier molecular flexibility index (Phi) is 3.06. The van der Waals surface area contributed by atoms with Gasteiger partial charge in [-0.05, 0) is 11.6 Å². The van der Waals surface area contributed by atoms with Gasteiger partial charge in [-0.25, -0.2) is 0 Å². The van der Waals surface area contributed by atoms with Gasteiger partial charge in [-0.3, -0.25) is 4.79 Å². The summed E-state index contributed by atoms with van der Waals surface area (Å²) in [6.45, 7) is 0. The third-order valence-corrected chi connectivity index (χ3v) is 3.39. The number of phenols is 1. The van der Waals surface area contributed by atoms with Crippen LogP contribution in [0.1, 0.15) is 28.4 Å². The van der Waals surface area contributed by atoms with Gasteiger partial charge in [0.15, 0.2) is 17.3 Å². The SMILES string of the molecule is COc1cc2c(cc1O)O[C@H](c1ccccc1)CC2=O. The smallest absolute Gasteiger partial charge is 0.170 e. The molecule has 1 heterocycles. The van der Waals surface area contributed by atoms with Crippen molar-refractivity contribution in [2.45, 2.75) is 12.5 Å². The third kappa shape index (κ3) is 2.09. The third-order valence-electron chi connectivity index (χ3n) is 3.39. The lowest BCUT2D eigenvalue weighted by Crippen LogP contribution is -2.20. The number of rotatable bonds is 2. The van der Waals surface area contributed by atoms with Crippen molar-refractivity contribution in [2.75, 3.05) is 7.11 Å². The molecule has 1 aliphatic heterocycles. The molecule has 0 aromatic heterocycles. The fraction of sp³-hybridized carbons (Fsp3) is 0.188. The van der Waals surface area contributed by atoms with Crippen molar-refractivity contribution in [1.82, 2.24) is 0 Å². The number of methoxy groups -OCH3 is 1. The number of benzene rings is 2. The van der Waals surface area contributed by atoms with Crippen LogP contribution in [0.25, 0.3) is 0 Å². The van der Waals surface area contributed by atoms with E-state index in [0.717, 1.165) is 5.56 Å². The van der Waals surface area contributed by atoms with Crippen LogP contribution in [0.5, 0.6) is 17.2 Å². The standard InChI is InChI=1S/C16H14O4/c1-19-16-7-11-12(17)8-14(10-5-3-2-4-6-10)20-15(11)9-13(16)18/h2-7,9,14,18H,8H2,1H3/t14-/m0/s1. The van der Waals surface area contributed by atoms with Gasteiger partial charge < -0.3 is 14.6 Å². The fourth-order valence-corrected chi connectivity index (χ4v) is 2.35. The molecule has 0 radical (unpaired) electrons. The first-order chi connectivity index (χ1) is 9.69. The van der Waals surface area contributed by atoms with Crippen LogP contribution in [0.2, 0.25) is 0 Å². The topological polar surface area (TPSA) is 55.8 Å². The Bertz CT molecular complexity index is 649. The Morgan fingerprint density at radius 2 is 2.00 bits per heavy atom. The highest BCUT2D eigenvalue weighted by Crippen LogP contribution is 2.40. The molecule has 0 saturated carbocycles. The molecule has 0 spiro atoms. The highest BCUT2D eigenvalue weighted by atomic mass is 16.5. The molecule has 0 fully saturated rings. The maximum absolute atomic E-state index is 12.2. The number of fused-ring (bicyclic) bond motifs is 1. The highest BCUT2D eigenvalue weighted by molar-refractivity contribution is 6.00. The van der Waals surface area contributed by atoms with Crippen LogP contribution in [0.4, 0.5) is 0 Å². The number of carbonyl (C=O) groups is 1. The van der Waals surface area contributed by atoms with Crippen LogP contribution in [0.15, 0.2) is 42.5 Å². The van der Waals surface area contributed by atoms with Crippen LogP contribution in [0.3, 0.4) is 0 Å². The Morgan fingerprint density at radius 3 is 2.70 bits per heavy atom. The number of ether oxygens (including phenoxy) is 2. The fourth-order valence-electron chi connectivity index (χ4n) is 2.35. The van der Waals surface area contributed by atoms with Gasteiger partial charge in [0.2, 0.25) is 0 Å². The van der Waals surface area contributed by atoms with Gasteiger partial charge in [-0.2, -0.15) is 0 Å². The molecule has 1 atom stereocenters. The molecular formula is C16H14O4. The zero-order valence-electron chi connectivity index (χ0n) is 11.0. The van der Waals surface area contributed by atoms with E-state index >= 15 is 0 Å². The summed E-state index contributed by atoms with van der Waals surface area (Å²) in [5.74, 6) is 0.624. The first kappa shape index (κ1) is 12.5. The van der Waals surface area contributed by atoms with E-state index < -0.39 is 0 Å². The van der Waals surface area contributed by atoms with Crippen molar-refractivity contribution >= 4 is 5.78 Å². The molecule has 20 heavy (non-hydrogen) atoms. The monoisotopic (exact) mass is 270 g/mol. The van der Waals surface area contributed by atoms with E-state index in [1.165, 1.54) is 19.2 Å². The lowest BCUT2D eigenvalue weighted by Gasteiger charge is -2.26. The summed E-state index contributed by atoms with van der Waals surface area (Å²) in [6.07, 6.45) is -0.0331. The molecule has 0 unspecified atom stereocenters. The molecular weight excluding hydrogens is 256 g/mol. The lowest BCUT2D eigenvalue weighted by atomic mass is 9.96. The molecule has 3 rings (SSSR count). The summed E-state index contributed by atoms with van der Waals surface area (Å²) < 4.78 is 10.8. The number of carbonyl (C=O) groups excluding carboxylic acids is 1. The van der Waals surface area contributed by atoms with E-state index in [1.807, 2.05) is 30.3 Å². The summed E-state index contributed by atoms with van der Waals surface area (Å²) >= 11 is 0. The minimum Gasteiger partial charge on any atom is -0.504 e. The van der Waals surface area contributed by atoms with Gasteiger partial charge in [0.05, 0.1) is 19.1 Å². The van der Waals surface area contributed by atoms with E-state index in [4.69, 9.17) is 9.47 Å². The molecule has 1 aliphatic rings. The van der Waals surface area contributed by atoms with Crippen LogP contribution in [-0.4, -0.2) is 18.0 Å². The predicted molar refractivity (Wildman–Crippen MR) is 73.4 cm³/mol. The van der Waals surface area contributed by atoms with Crippen LogP contribution < -0.4 is 9.47 Å². The average molecular weight is 270 g/mol. The molecule has 1 N–H and O–H groups in total. The minimum absolute atomic E-state index is 0.0154. The van der Waals surface area contributed by atoms with Crippen molar-refractivity contribution < 1.29 is 19.4 Å². The lowest BCUT2D eigenvalue weighted by molar-refractivity contribution is 0.0848. The van der Waals surface area contributed by atoms with Crippen molar-refractivity contribution in [1.29, 1.82) is 0 Å². The zero-order valence-corrected chi connectivity index (χ0v) is 11.0. The Hall–Kier alpha value is -2.49. The molecule has 0 aliphatic carbocycles. The number of hydrogen-bond donors (Lipinski definition) is 1. The molecule has 2 aromatic rings. The van der Waals surface area contributed by atoms with Gasteiger partial charge in [0, 0.05) is 6.07 Å². The summed E-state index contributed by atoms with van der Waals surface area (Å²) in [7, 11) is 1.45. The Balaban J connectivity index is 1.99. The predicted octanol–water partition coefficient (Wildman–Crippen LogP) is 3.11. The average Bonchev–Trinajstić information content (AvgIpc) is 2.47. The molecule has 0 bridgehead atoms. The van der Waals surface area contributed by atoms with Gasteiger partial charge in [0.25, 0.3) is 0 Å². The van der Waals surface area contributed by atoms with E-state index in [1.54, 1.807) is 0 Å². The van der Waals surface area contributed by atoms with Gasteiger partial charge in [-0.15, -0.1) is 0 Å². The van der Waals surface area contributed by atoms with Crippen LogP contribution in [-0.2, 0) is 0 Å². The molecule has 4 nitrogen and oxygen atoms in total. The summed E-state index contributed by atoms with van der Waals surface area (Å²) in [5, 5.41) is 9.79. The van der Waals surface area contributed by atoms with Crippen molar-refractivity contribution in [3.8, 4) is 17.2 Å². The normalized spacial score (nSPS) is 17.2. The van der Waals surface area contributed by atoms with Crippen molar-refractivity contribution in [3.05, 3.63) is 53.6 Å². The highest BCUT2D eigenvalue weighted by Gasteiger charge is 2.29. The zero-order chi connectivity index (χ0) is 14.1. The van der Waals surface area contributed by atoms with Gasteiger partial charge >= 0.3 is 0 Å². The quantitative estimate of drug-likeness (QED) is 0.911. The first-order valence-corrected chi connectivity index (χ1v) is 6.35. The van der Waals surface area contributed by atoms with Gasteiger partial charge in [-0.1, -0.05) is 30.3 Å². The number of ketones is 1. The Labute approximate surface area is 116 Å². The summed E-state index contributed by atoms with van der Waals surface area (Å²) in [5.41, 5.74) is 1.40. The number of Topliss-reactive ketones (excluding diaryl/α,β-unsaturated/α-hetero) is 1. The maximum Gasteiger partial charge on any atom is 0.170 e. The second-order valence-electron chi connectivity index (χ2n) is 4.66. The van der Waals surface area contributed by atoms with Crippen LogP contribution >= 0.6 is 0 Å². The Morgan fingerprint density at radius 1 is 1.25 bits per heavy atom. The van der Waals surface area contributed by atoms with Crippen molar-refractivity contribution in [3.63, 3.8) is 0 Å². The van der Waals surface area contributed by atoms with Crippen LogP contribution in [0, 0.1) is 0 Å². The molecule has 4 heteroatoms. The van der Waals surface area contributed by atoms with Crippen molar-refractivity contribution in [2.24, 2.45) is 0 Å². The molecule has 0 saturated heterocycles. The second kappa shape index (κ2) is 4.89. The summed E-state index contributed by atoms with van der Waals surface area (Å²) in [4.78, 5) is 12.2.